The van der Waals surface area contributed by atoms with Gasteiger partial charge in [0.25, 0.3) is 0 Å². The molecule has 1 aliphatic heterocycles. The summed E-state index contributed by atoms with van der Waals surface area (Å²) in [5.41, 5.74) is 6.21. The van der Waals surface area contributed by atoms with Crippen molar-refractivity contribution in [3.05, 3.63) is 88.5 Å². The molecule has 0 bridgehead atoms. The molecule has 1 N–H and O–H groups in total. The van der Waals surface area contributed by atoms with Crippen LogP contribution in [-0.4, -0.2) is 12.9 Å². The Kier molecular flexibility index (Phi) is 5.26. The minimum Gasteiger partial charge on any atom is -0.493 e. The summed E-state index contributed by atoms with van der Waals surface area (Å²) < 4.78 is 11.6. The molecule has 0 fully saturated rings. The Labute approximate surface area is 171 Å². The Morgan fingerprint density at radius 2 is 1.83 bits per heavy atom. The molecule has 3 aromatic carbocycles. The van der Waals surface area contributed by atoms with Gasteiger partial charge in [0.05, 0.1) is 13.2 Å². The maximum absolute atomic E-state index is 12.5. The number of benzene rings is 3. The van der Waals surface area contributed by atoms with Gasteiger partial charge in [-0.05, 0) is 54.8 Å². The first-order valence-electron chi connectivity index (χ1n) is 9.81. The van der Waals surface area contributed by atoms with Crippen molar-refractivity contribution in [1.29, 1.82) is 0 Å². The third kappa shape index (κ3) is 3.97. The van der Waals surface area contributed by atoms with Crippen LogP contribution in [0.1, 0.15) is 45.1 Å². The first kappa shape index (κ1) is 19.1. The predicted molar refractivity (Wildman–Crippen MR) is 115 cm³/mol. The van der Waals surface area contributed by atoms with E-state index in [1.54, 1.807) is 7.11 Å². The van der Waals surface area contributed by atoms with Gasteiger partial charge in [-0.2, -0.15) is 0 Å². The fraction of sp³-hybridized carbons (Fsp3) is 0.240. The number of rotatable bonds is 5. The highest BCUT2D eigenvalue weighted by atomic mass is 16.5. The van der Waals surface area contributed by atoms with Gasteiger partial charge in [-0.1, -0.05) is 42.0 Å². The van der Waals surface area contributed by atoms with Gasteiger partial charge in [-0.25, -0.2) is 0 Å². The van der Waals surface area contributed by atoms with Gasteiger partial charge in [0.1, 0.15) is 6.61 Å². The molecule has 1 aliphatic rings. The van der Waals surface area contributed by atoms with Crippen molar-refractivity contribution in [2.24, 2.45) is 0 Å². The van der Waals surface area contributed by atoms with Crippen molar-refractivity contribution in [2.45, 2.75) is 32.9 Å². The van der Waals surface area contributed by atoms with Gasteiger partial charge in [0, 0.05) is 17.7 Å². The van der Waals surface area contributed by atoms with Crippen LogP contribution in [0.5, 0.6) is 11.5 Å². The molecule has 0 saturated heterocycles. The maximum atomic E-state index is 12.5. The quantitative estimate of drug-likeness (QED) is 0.616. The van der Waals surface area contributed by atoms with E-state index >= 15 is 0 Å². The molecule has 0 amide bonds. The van der Waals surface area contributed by atoms with Gasteiger partial charge < -0.3 is 14.8 Å². The van der Waals surface area contributed by atoms with Gasteiger partial charge in [-0.15, -0.1) is 0 Å². The third-order valence-corrected chi connectivity index (χ3v) is 5.42. The lowest BCUT2D eigenvalue weighted by atomic mass is 9.92. The van der Waals surface area contributed by atoms with E-state index in [0.29, 0.717) is 24.5 Å². The lowest BCUT2D eigenvalue weighted by Crippen LogP contribution is -2.22. The summed E-state index contributed by atoms with van der Waals surface area (Å²) in [7, 11) is 1.64. The van der Waals surface area contributed by atoms with Crippen molar-refractivity contribution in [1.82, 2.24) is 0 Å². The fourth-order valence-electron chi connectivity index (χ4n) is 3.72. The van der Waals surface area contributed by atoms with E-state index < -0.39 is 0 Å². The molecule has 1 unspecified atom stereocenters. The zero-order chi connectivity index (χ0) is 20.4. The zero-order valence-corrected chi connectivity index (χ0v) is 17.0. The lowest BCUT2D eigenvalue weighted by Gasteiger charge is -2.27. The summed E-state index contributed by atoms with van der Waals surface area (Å²) in [5, 5.41) is 3.47. The van der Waals surface area contributed by atoms with Crippen LogP contribution < -0.4 is 14.8 Å². The van der Waals surface area contributed by atoms with Crippen LogP contribution in [0.25, 0.3) is 0 Å². The number of carbonyl (C=O) groups excluding carboxylic acids is 1. The van der Waals surface area contributed by atoms with Crippen molar-refractivity contribution in [2.75, 3.05) is 12.4 Å². The molecule has 0 spiro atoms. The average molecular weight is 387 g/mol. The molecule has 0 aromatic heterocycles. The minimum atomic E-state index is -0.0839. The molecule has 3 aromatic rings. The molecule has 0 aliphatic carbocycles. The Bertz CT molecular complexity index is 1060. The number of Topliss-reactive ketones (excluding diaryl/α,β-unsaturated/α-hetero) is 1. The number of ether oxygens (including phenoxy) is 2. The van der Waals surface area contributed by atoms with Gasteiger partial charge in [0.2, 0.25) is 0 Å². The van der Waals surface area contributed by atoms with Crippen LogP contribution in [0.15, 0.2) is 60.7 Å². The molecular weight excluding hydrogens is 362 g/mol. The van der Waals surface area contributed by atoms with E-state index in [2.05, 4.69) is 37.4 Å². The number of carbonyl (C=O) groups is 1. The average Bonchev–Trinajstić information content (AvgIpc) is 2.74. The summed E-state index contributed by atoms with van der Waals surface area (Å²) in [6.07, 6.45) is 0.420. The molecule has 0 radical (unpaired) electrons. The van der Waals surface area contributed by atoms with Gasteiger partial charge >= 0.3 is 0 Å². The van der Waals surface area contributed by atoms with Crippen molar-refractivity contribution < 1.29 is 14.3 Å². The largest absolute Gasteiger partial charge is 0.493 e. The Hall–Kier alpha value is -3.27. The number of anilines is 1. The van der Waals surface area contributed by atoms with E-state index in [4.69, 9.17) is 9.47 Å². The van der Waals surface area contributed by atoms with E-state index in [1.807, 2.05) is 42.5 Å². The van der Waals surface area contributed by atoms with Crippen LogP contribution in [0.2, 0.25) is 0 Å². The summed E-state index contributed by atoms with van der Waals surface area (Å²) in [5.74, 6) is 1.51. The van der Waals surface area contributed by atoms with Gasteiger partial charge in [0.15, 0.2) is 17.3 Å². The SMILES string of the molecule is COc1cc(C2CC(=O)c3ccccc3N2)ccc1OCc1cc(C)ccc1C. The maximum Gasteiger partial charge on any atom is 0.167 e. The molecule has 4 rings (SSSR count). The molecule has 1 heterocycles. The van der Waals surface area contributed by atoms with Crippen LogP contribution in [0.4, 0.5) is 5.69 Å². The summed E-state index contributed by atoms with van der Waals surface area (Å²) >= 11 is 0. The Balaban J connectivity index is 1.54. The predicted octanol–water partition coefficient (Wildman–Crippen LogP) is 5.63. The zero-order valence-electron chi connectivity index (χ0n) is 17.0. The third-order valence-electron chi connectivity index (χ3n) is 5.42. The second kappa shape index (κ2) is 8.00. The molecule has 1 atom stereocenters. The van der Waals surface area contributed by atoms with Gasteiger partial charge in [-0.3, -0.25) is 4.79 Å². The minimum absolute atomic E-state index is 0.0839. The molecule has 29 heavy (non-hydrogen) atoms. The molecule has 4 heteroatoms. The molecule has 4 nitrogen and oxygen atoms in total. The molecule has 148 valence electrons. The smallest absolute Gasteiger partial charge is 0.167 e. The van der Waals surface area contributed by atoms with Crippen molar-refractivity contribution >= 4 is 11.5 Å². The van der Waals surface area contributed by atoms with Crippen LogP contribution in [0, 0.1) is 13.8 Å². The van der Waals surface area contributed by atoms with Crippen molar-refractivity contribution in [3.8, 4) is 11.5 Å². The monoisotopic (exact) mass is 387 g/mol. The Morgan fingerprint density at radius 3 is 2.66 bits per heavy atom. The second-order valence-electron chi connectivity index (χ2n) is 7.50. The van der Waals surface area contributed by atoms with E-state index in [0.717, 1.165) is 22.4 Å². The second-order valence-corrected chi connectivity index (χ2v) is 7.50. The summed E-state index contributed by atoms with van der Waals surface area (Å²) in [4.78, 5) is 12.5. The summed E-state index contributed by atoms with van der Waals surface area (Å²) in [6, 6.07) is 19.8. The number of hydrogen-bond donors (Lipinski definition) is 1. The Morgan fingerprint density at radius 1 is 1.00 bits per heavy atom. The van der Waals surface area contributed by atoms with Crippen LogP contribution in [-0.2, 0) is 6.61 Å². The number of nitrogens with one attached hydrogen (secondary N) is 1. The molecule has 0 saturated carbocycles. The number of aryl methyl sites for hydroxylation is 2. The first-order valence-corrected chi connectivity index (χ1v) is 9.81. The highest BCUT2D eigenvalue weighted by Crippen LogP contribution is 2.36. The number of ketones is 1. The highest BCUT2D eigenvalue weighted by Gasteiger charge is 2.26. The lowest BCUT2D eigenvalue weighted by molar-refractivity contribution is 0.0972. The molecular formula is C25H25NO3. The van der Waals surface area contributed by atoms with E-state index in [1.165, 1.54) is 11.1 Å². The summed E-state index contributed by atoms with van der Waals surface area (Å²) in [6.45, 7) is 4.65. The normalized spacial score (nSPS) is 15.4. The standard InChI is InChI=1S/C25H25NO3/c1-16-8-9-17(2)19(12-16)15-29-24-11-10-18(13-25(24)28-3)22-14-23(27)20-6-4-5-7-21(20)26-22/h4-13,22,26H,14-15H2,1-3H3. The van der Waals surface area contributed by atoms with E-state index in [9.17, 15) is 4.79 Å². The van der Waals surface area contributed by atoms with Crippen LogP contribution >= 0.6 is 0 Å². The topological polar surface area (TPSA) is 47.6 Å². The highest BCUT2D eigenvalue weighted by molar-refractivity contribution is 6.03. The number of hydrogen-bond acceptors (Lipinski definition) is 4. The number of fused-ring (bicyclic) bond motifs is 1. The first-order chi connectivity index (χ1) is 14.0. The number of methoxy groups -OCH3 is 1. The fourth-order valence-corrected chi connectivity index (χ4v) is 3.72. The van der Waals surface area contributed by atoms with Crippen LogP contribution in [0.3, 0.4) is 0 Å². The number of para-hydroxylation sites is 1. The van der Waals surface area contributed by atoms with Crippen molar-refractivity contribution in [3.63, 3.8) is 0 Å². The van der Waals surface area contributed by atoms with E-state index in [-0.39, 0.29) is 11.8 Å².